The molecule has 0 amide bonds. The highest BCUT2D eigenvalue weighted by Crippen LogP contribution is 2.18. The van der Waals surface area contributed by atoms with Gasteiger partial charge in [0.05, 0.1) is 6.54 Å². The van der Waals surface area contributed by atoms with Crippen molar-refractivity contribution < 1.29 is 18.3 Å². The highest BCUT2D eigenvalue weighted by molar-refractivity contribution is 4.67. The lowest BCUT2D eigenvalue weighted by Crippen LogP contribution is -2.39. The van der Waals surface area contributed by atoms with Crippen LogP contribution in [-0.4, -0.2) is 41.9 Å². The summed E-state index contributed by atoms with van der Waals surface area (Å²) < 4.78 is 36.5. The maximum absolute atomic E-state index is 12.2. The number of unbranched alkanes of at least 4 members (excludes halogenated alkanes) is 2. The number of alkyl halides is 3. The molecule has 0 aromatic carbocycles. The fourth-order valence-electron chi connectivity index (χ4n) is 1.35. The fourth-order valence-corrected chi connectivity index (χ4v) is 1.35. The Morgan fingerprint density at radius 3 is 2.13 bits per heavy atom. The minimum absolute atomic E-state index is 0.0965. The highest BCUT2D eigenvalue weighted by atomic mass is 19.4. The Morgan fingerprint density at radius 1 is 1.13 bits per heavy atom. The first-order valence-corrected chi connectivity index (χ1v) is 5.28. The lowest BCUT2D eigenvalue weighted by Gasteiger charge is -2.27. The van der Waals surface area contributed by atoms with Gasteiger partial charge in [0.15, 0.2) is 0 Å². The van der Waals surface area contributed by atoms with Crippen molar-refractivity contribution in [2.75, 3.05) is 19.7 Å². The van der Waals surface area contributed by atoms with E-state index in [0.717, 1.165) is 6.42 Å². The molecule has 0 radical (unpaired) electrons. The van der Waals surface area contributed by atoms with Gasteiger partial charge in [0.1, 0.15) is 0 Å². The van der Waals surface area contributed by atoms with Gasteiger partial charge in [-0.15, -0.1) is 0 Å². The molecular weight excluding hydrogens is 207 g/mol. The quantitative estimate of drug-likeness (QED) is 0.675. The number of nitrogens with zero attached hydrogens (tertiary/aromatic N) is 1. The molecule has 92 valence electrons. The van der Waals surface area contributed by atoms with Gasteiger partial charge in [0.25, 0.3) is 0 Å². The number of aliphatic hydroxyl groups is 1. The topological polar surface area (TPSA) is 23.5 Å². The number of hydrogen-bond donors (Lipinski definition) is 1. The lowest BCUT2D eigenvalue weighted by atomic mass is 10.2. The molecule has 0 rings (SSSR count). The summed E-state index contributed by atoms with van der Waals surface area (Å²) in [6, 6.07) is -0.0965. The van der Waals surface area contributed by atoms with Crippen LogP contribution in [0.4, 0.5) is 13.2 Å². The molecule has 5 heteroatoms. The molecule has 0 aliphatic rings. The average Bonchev–Trinajstić information content (AvgIpc) is 2.08. The van der Waals surface area contributed by atoms with Crippen LogP contribution in [0.15, 0.2) is 0 Å². The smallest absolute Gasteiger partial charge is 0.396 e. The third-order valence-corrected chi connectivity index (χ3v) is 2.22. The van der Waals surface area contributed by atoms with Gasteiger partial charge >= 0.3 is 6.18 Å². The number of rotatable bonds is 7. The standard InChI is InChI=1S/C10H20F3NO/c1-9(2)14(8-10(11,12)13)6-4-3-5-7-15/h9,15H,3-8H2,1-2H3. The van der Waals surface area contributed by atoms with Crippen LogP contribution in [0.1, 0.15) is 33.1 Å². The molecule has 2 nitrogen and oxygen atoms in total. The Hall–Kier alpha value is -0.290. The van der Waals surface area contributed by atoms with Crippen molar-refractivity contribution in [2.24, 2.45) is 0 Å². The monoisotopic (exact) mass is 227 g/mol. The van der Waals surface area contributed by atoms with E-state index in [9.17, 15) is 13.2 Å². The SMILES string of the molecule is CC(C)N(CCCCCO)CC(F)(F)F. The molecule has 1 N–H and O–H groups in total. The van der Waals surface area contributed by atoms with E-state index >= 15 is 0 Å². The maximum atomic E-state index is 12.2. The predicted molar refractivity (Wildman–Crippen MR) is 53.7 cm³/mol. The molecule has 0 bridgehead atoms. The summed E-state index contributed by atoms with van der Waals surface area (Å²) >= 11 is 0. The third-order valence-electron chi connectivity index (χ3n) is 2.22. The summed E-state index contributed by atoms with van der Waals surface area (Å²) in [5.74, 6) is 0. The van der Waals surface area contributed by atoms with Gasteiger partial charge in [-0.05, 0) is 39.7 Å². The Bertz CT molecular complexity index is 159. The Balaban J connectivity index is 3.84. The van der Waals surface area contributed by atoms with Crippen LogP contribution >= 0.6 is 0 Å². The Kier molecular flexibility index (Phi) is 6.92. The number of hydrogen-bond acceptors (Lipinski definition) is 2. The van der Waals surface area contributed by atoms with E-state index in [2.05, 4.69) is 0 Å². The van der Waals surface area contributed by atoms with Gasteiger partial charge in [-0.2, -0.15) is 13.2 Å². The normalized spacial score (nSPS) is 12.8. The summed E-state index contributed by atoms with van der Waals surface area (Å²) in [4.78, 5) is 1.41. The lowest BCUT2D eigenvalue weighted by molar-refractivity contribution is -0.149. The molecule has 0 fully saturated rings. The molecule has 0 saturated carbocycles. The zero-order chi connectivity index (χ0) is 11.9. The summed E-state index contributed by atoms with van der Waals surface area (Å²) in [7, 11) is 0. The first-order valence-electron chi connectivity index (χ1n) is 5.28. The first kappa shape index (κ1) is 14.7. The largest absolute Gasteiger partial charge is 0.401 e. The molecule has 15 heavy (non-hydrogen) atoms. The van der Waals surface area contributed by atoms with Crippen LogP contribution < -0.4 is 0 Å². The first-order chi connectivity index (χ1) is 6.87. The van der Waals surface area contributed by atoms with Crippen molar-refractivity contribution in [3.8, 4) is 0 Å². The average molecular weight is 227 g/mol. The van der Waals surface area contributed by atoms with Crippen LogP contribution in [0.5, 0.6) is 0 Å². The molecule has 0 saturated heterocycles. The summed E-state index contributed by atoms with van der Waals surface area (Å²) in [6.45, 7) is 3.23. The van der Waals surface area contributed by atoms with Crippen LogP contribution in [0.25, 0.3) is 0 Å². The van der Waals surface area contributed by atoms with E-state index in [4.69, 9.17) is 5.11 Å². The highest BCUT2D eigenvalue weighted by Gasteiger charge is 2.31. The van der Waals surface area contributed by atoms with E-state index in [0.29, 0.717) is 19.4 Å². The van der Waals surface area contributed by atoms with E-state index in [-0.39, 0.29) is 12.6 Å². The van der Waals surface area contributed by atoms with Crippen molar-refractivity contribution in [3.63, 3.8) is 0 Å². The molecular formula is C10H20F3NO. The number of halogens is 3. The van der Waals surface area contributed by atoms with Gasteiger partial charge < -0.3 is 5.11 Å². The molecule has 0 heterocycles. The summed E-state index contributed by atoms with van der Waals surface area (Å²) in [6.07, 6.45) is -1.98. The van der Waals surface area contributed by atoms with E-state index in [1.807, 2.05) is 0 Å². The van der Waals surface area contributed by atoms with E-state index in [1.165, 1.54) is 4.90 Å². The van der Waals surface area contributed by atoms with Crippen molar-refractivity contribution in [3.05, 3.63) is 0 Å². The van der Waals surface area contributed by atoms with Crippen LogP contribution in [-0.2, 0) is 0 Å². The van der Waals surface area contributed by atoms with Gasteiger partial charge in [-0.25, -0.2) is 0 Å². The molecule has 0 aliphatic heterocycles. The van der Waals surface area contributed by atoms with Gasteiger partial charge in [-0.1, -0.05) is 0 Å². The summed E-state index contributed by atoms with van der Waals surface area (Å²) in [5.41, 5.74) is 0. The van der Waals surface area contributed by atoms with Crippen molar-refractivity contribution in [2.45, 2.75) is 45.3 Å². The molecule has 0 spiro atoms. The molecule has 0 aromatic rings. The van der Waals surface area contributed by atoms with Gasteiger partial charge in [-0.3, -0.25) is 4.90 Å². The maximum Gasteiger partial charge on any atom is 0.401 e. The zero-order valence-corrected chi connectivity index (χ0v) is 9.35. The van der Waals surface area contributed by atoms with Crippen molar-refractivity contribution in [1.29, 1.82) is 0 Å². The number of aliphatic hydroxyl groups excluding tert-OH is 1. The van der Waals surface area contributed by atoms with Crippen LogP contribution in [0, 0.1) is 0 Å². The van der Waals surface area contributed by atoms with Crippen LogP contribution in [0.3, 0.4) is 0 Å². The second-order valence-electron chi connectivity index (χ2n) is 3.96. The van der Waals surface area contributed by atoms with Crippen molar-refractivity contribution in [1.82, 2.24) is 4.90 Å². The Morgan fingerprint density at radius 2 is 1.73 bits per heavy atom. The van der Waals surface area contributed by atoms with Gasteiger partial charge in [0, 0.05) is 12.6 Å². The molecule has 0 atom stereocenters. The van der Waals surface area contributed by atoms with Crippen LogP contribution in [0.2, 0.25) is 0 Å². The minimum atomic E-state index is -4.12. The minimum Gasteiger partial charge on any atom is -0.396 e. The second kappa shape index (κ2) is 7.06. The van der Waals surface area contributed by atoms with E-state index in [1.54, 1.807) is 13.8 Å². The predicted octanol–water partition coefficient (Wildman–Crippen LogP) is 2.42. The van der Waals surface area contributed by atoms with Gasteiger partial charge in [0.2, 0.25) is 0 Å². The summed E-state index contributed by atoms with van der Waals surface area (Å²) in [5, 5.41) is 8.53. The van der Waals surface area contributed by atoms with E-state index < -0.39 is 12.7 Å². The fraction of sp³-hybridized carbons (Fsp3) is 1.00. The second-order valence-corrected chi connectivity index (χ2v) is 3.96. The van der Waals surface area contributed by atoms with Crippen molar-refractivity contribution >= 4 is 0 Å². The molecule has 0 aliphatic carbocycles. The Labute approximate surface area is 89.1 Å². The molecule has 0 aromatic heterocycles. The zero-order valence-electron chi connectivity index (χ0n) is 9.35. The third kappa shape index (κ3) is 8.69. The molecule has 0 unspecified atom stereocenters.